The molecule has 0 bridgehead atoms. The third kappa shape index (κ3) is 2.98. The van der Waals surface area contributed by atoms with Gasteiger partial charge in [-0.15, -0.1) is 0 Å². The molecule has 2 atom stereocenters. The maximum atomic E-state index is 10.4. The van der Waals surface area contributed by atoms with Crippen LogP contribution in [-0.4, -0.2) is 10.7 Å². The lowest BCUT2D eigenvalue weighted by Gasteiger charge is -2.37. The summed E-state index contributed by atoms with van der Waals surface area (Å²) in [6, 6.07) is 8.50. The molecule has 1 saturated carbocycles. The smallest absolute Gasteiger partial charge is 0.0651 e. The molecule has 1 heteroatoms. The zero-order chi connectivity index (χ0) is 12.3. The van der Waals surface area contributed by atoms with E-state index in [2.05, 4.69) is 30.8 Å². The Morgan fingerprint density at radius 2 is 2.06 bits per heavy atom. The van der Waals surface area contributed by atoms with Gasteiger partial charge in [-0.3, -0.25) is 0 Å². The van der Waals surface area contributed by atoms with Crippen molar-refractivity contribution < 1.29 is 5.11 Å². The van der Waals surface area contributed by atoms with Crippen LogP contribution in [-0.2, 0) is 6.42 Å². The molecule has 0 aliphatic heterocycles. The Balaban J connectivity index is 2.06. The molecule has 1 aliphatic rings. The Kier molecular flexibility index (Phi) is 3.68. The van der Waals surface area contributed by atoms with Gasteiger partial charge in [0.1, 0.15) is 0 Å². The SMILES string of the molecule is C=Cc1ccc(CC2CCCCC2(C)O)cc1. The summed E-state index contributed by atoms with van der Waals surface area (Å²) in [6.07, 6.45) is 7.37. The second kappa shape index (κ2) is 5.05. The molecule has 17 heavy (non-hydrogen) atoms. The first-order valence-corrected chi connectivity index (χ1v) is 6.55. The first kappa shape index (κ1) is 12.4. The van der Waals surface area contributed by atoms with Gasteiger partial charge in [-0.05, 0) is 43.2 Å². The van der Waals surface area contributed by atoms with E-state index >= 15 is 0 Å². The summed E-state index contributed by atoms with van der Waals surface area (Å²) in [6.45, 7) is 5.75. The van der Waals surface area contributed by atoms with Crippen LogP contribution in [0.25, 0.3) is 6.08 Å². The van der Waals surface area contributed by atoms with Crippen LogP contribution in [0.3, 0.4) is 0 Å². The van der Waals surface area contributed by atoms with Crippen molar-refractivity contribution in [3.63, 3.8) is 0 Å². The second-order valence-electron chi connectivity index (χ2n) is 5.45. The topological polar surface area (TPSA) is 20.2 Å². The molecular formula is C16H22O. The highest BCUT2D eigenvalue weighted by molar-refractivity contribution is 5.47. The zero-order valence-corrected chi connectivity index (χ0v) is 10.7. The standard InChI is InChI=1S/C16H22O/c1-3-13-7-9-14(10-8-13)12-15-6-4-5-11-16(15,2)17/h3,7-10,15,17H,1,4-6,11-12H2,2H3. The molecule has 1 fully saturated rings. The van der Waals surface area contributed by atoms with E-state index in [0.29, 0.717) is 5.92 Å². The summed E-state index contributed by atoms with van der Waals surface area (Å²) in [5.41, 5.74) is 2.00. The number of benzene rings is 1. The molecule has 2 rings (SSSR count). The molecule has 0 radical (unpaired) electrons. The van der Waals surface area contributed by atoms with Crippen molar-refractivity contribution in [2.24, 2.45) is 5.92 Å². The second-order valence-corrected chi connectivity index (χ2v) is 5.45. The number of hydrogen-bond donors (Lipinski definition) is 1. The summed E-state index contributed by atoms with van der Waals surface area (Å²) < 4.78 is 0. The van der Waals surface area contributed by atoms with Crippen molar-refractivity contribution >= 4 is 6.08 Å². The fourth-order valence-electron chi connectivity index (χ4n) is 2.78. The lowest BCUT2D eigenvalue weighted by atomic mass is 9.74. The van der Waals surface area contributed by atoms with E-state index in [1.807, 2.05) is 13.0 Å². The first-order valence-electron chi connectivity index (χ1n) is 6.55. The van der Waals surface area contributed by atoms with Crippen molar-refractivity contribution in [3.8, 4) is 0 Å². The van der Waals surface area contributed by atoms with Crippen LogP contribution < -0.4 is 0 Å². The van der Waals surface area contributed by atoms with Gasteiger partial charge in [-0.2, -0.15) is 0 Å². The Morgan fingerprint density at radius 1 is 1.35 bits per heavy atom. The van der Waals surface area contributed by atoms with Crippen LogP contribution in [0.1, 0.15) is 43.7 Å². The van der Waals surface area contributed by atoms with Gasteiger partial charge in [0, 0.05) is 0 Å². The molecule has 92 valence electrons. The molecule has 0 saturated heterocycles. The predicted molar refractivity (Wildman–Crippen MR) is 72.8 cm³/mol. The quantitative estimate of drug-likeness (QED) is 0.837. The molecule has 1 nitrogen and oxygen atoms in total. The van der Waals surface area contributed by atoms with Gasteiger partial charge in [0.25, 0.3) is 0 Å². The number of aliphatic hydroxyl groups is 1. The maximum Gasteiger partial charge on any atom is 0.0651 e. The van der Waals surface area contributed by atoms with Gasteiger partial charge in [-0.1, -0.05) is 49.8 Å². The molecule has 0 heterocycles. The average Bonchev–Trinajstić information content (AvgIpc) is 2.33. The summed E-state index contributed by atoms with van der Waals surface area (Å²) in [4.78, 5) is 0. The van der Waals surface area contributed by atoms with E-state index in [1.54, 1.807) is 0 Å². The highest BCUT2D eigenvalue weighted by Crippen LogP contribution is 2.35. The molecule has 0 aromatic heterocycles. The van der Waals surface area contributed by atoms with Crippen molar-refractivity contribution in [1.82, 2.24) is 0 Å². The third-order valence-corrected chi connectivity index (χ3v) is 4.06. The van der Waals surface area contributed by atoms with E-state index in [-0.39, 0.29) is 0 Å². The van der Waals surface area contributed by atoms with Crippen LogP contribution in [0, 0.1) is 5.92 Å². The molecule has 1 aromatic rings. The van der Waals surface area contributed by atoms with Crippen LogP contribution in [0.5, 0.6) is 0 Å². The normalized spacial score (nSPS) is 28.9. The molecule has 2 unspecified atom stereocenters. The van der Waals surface area contributed by atoms with E-state index in [0.717, 1.165) is 24.8 Å². The van der Waals surface area contributed by atoms with Gasteiger partial charge >= 0.3 is 0 Å². The minimum Gasteiger partial charge on any atom is -0.390 e. The fourth-order valence-corrected chi connectivity index (χ4v) is 2.78. The predicted octanol–water partition coefficient (Wildman–Crippen LogP) is 3.81. The van der Waals surface area contributed by atoms with Gasteiger partial charge < -0.3 is 5.11 Å². The summed E-state index contributed by atoms with van der Waals surface area (Å²) in [5.74, 6) is 0.408. The van der Waals surface area contributed by atoms with Crippen molar-refractivity contribution in [1.29, 1.82) is 0 Å². The van der Waals surface area contributed by atoms with Gasteiger partial charge in [-0.25, -0.2) is 0 Å². The van der Waals surface area contributed by atoms with E-state index in [1.165, 1.54) is 18.4 Å². The number of hydrogen-bond acceptors (Lipinski definition) is 1. The Bertz CT molecular complexity index is 375. The van der Waals surface area contributed by atoms with Crippen LogP contribution >= 0.6 is 0 Å². The molecule has 0 spiro atoms. The Hall–Kier alpha value is -1.08. The fraction of sp³-hybridized carbons (Fsp3) is 0.500. The first-order chi connectivity index (χ1) is 8.12. The maximum absolute atomic E-state index is 10.4. The number of rotatable bonds is 3. The molecule has 1 N–H and O–H groups in total. The molecular weight excluding hydrogens is 208 g/mol. The van der Waals surface area contributed by atoms with Gasteiger partial charge in [0.2, 0.25) is 0 Å². The minimum atomic E-state index is -0.477. The highest BCUT2D eigenvalue weighted by Gasteiger charge is 2.33. The zero-order valence-electron chi connectivity index (χ0n) is 10.7. The van der Waals surface area contributed by atoms with Crippen molar-refractivity contribution in [3.05, 3.63) is 42.0 Å². The average molecular weight is 230 g/mol. The van der Waals surface area contributed by atoms with E-state index in [4.69, 9.17) is 0 Å². The van der Waals surface area contributed by atoms with E-state index in [9.17, 15) is 5.11 Å². The summed E-state index contributed by atoms with van der Waals surface area (Å²) >= 11 is 0. The van der Waals surface area contributed by atoms with Crippen molar-refractivity contribution in [2.75, 3.05) is 0 Å². The van der Waals surface area contributed by atoms with Gasteiger partial charge in [0.15, 0.2) is 0 Å². The molecule has 1 aromatic carbocycles. The van der Waals surface area contributed by atoms with Crippen LogP contribution in [0.15, 0.2) is 30.8 Å². The molecule has 0 amide bonds. The third-order valence-electron chi connectivity index (χ3n) is 4.06. The van der Waals surface area contributed by atoms with Crippen LogP contribution in [0.2, 0.25) is 0 Å². The lowest BCUT2D eigenvalue weighted by Crippen LogP contribution is -2.38. The van der Waals surface area contributed by atoms with Crippen molar-refractivity contribution in [2.45, 2.75) is 44.6 Å². The minimum absolute atomic E-state index is 0.408. The van der Waals surface area contributed by atoms with E-state index < -0.39 is 5.60 Å². The largest absolute Gasteiger partial charge is 0.390 e. The molecule has 1 aliphatic carbocycles. The summed E-state index contributed by atoms with van der Waals surface area (Å²) in [5, 5.41) is 10.4. The van der Waals surface area contributed by atoms with Gasteiger partial charge in [0.05, 0.1) is 5.60 Å². The lowest BCUT2D eigenvalue weighted by molar-refractivity contribution is -0.0314. The highest BCUT2D eigenvalue weighted by atomic mass is 16.3. The van der Waals surface area contributed by atoms with Crippen LogP contribution in [0.4, 0.5) is 0 Å². The Labute approximate surface area is 104 Å². The summed E-state index contributed by atoms with van der Waals surface area (Å²) in [7, 11) is 0. The Morgan fingerprint density at radius 3 is 2.65 bits per heavy atom. The monoisotopic (exact) mass is 230 g/mol.